The van der Waals surface area contributed by atoms with Crippen LogP contribution in [-0.2, 0) is 6.42 Å². The molecule has 0 aliphatic carbocycles. The summed E-state index contributed by atoms with van der Waals surface area (Å²) in [5.41, 5.74) is 2.54. The van der Waals surface area contributed by atoms with Crippen LogP contribution in [0.5, 0.6) is 0 Å². The molecule has 0 radical (unpaired) electrons. The van der Waals surface area contributed by atoms with E-state index in [-0.39, 0.29) is 5.54 Å². The Labute approximate surface area is 96.8 Å². The maximum atomic E-state index is 5.38. The average molecular weight is 223 g/mol. The number of nitrogen functional groups attached to an aromatic ring is 1. The first-order valence-corrected chi connectivity index (χ1v) is 5.57. The monoisotopic (exact) mass is 223 g/mol. The standard InChI is InChI=1S/C11H21N5/c1-5-6-8-13-9(15-11(2,3)4)7-10(14-8)16-12/h7H,5-6,12H2,1-4H3,(H2,13,14,15,16). The Balaban J connectivity index is 2.95. The highest BCUT2D eigenvalue weighted by molar-refractivity contribution is 5.48. The summed E-state index contributed by atoms with van der Waals surface area (Å²) >= 11 is 0. The van der Waals surface area contributed by atoms with E-state index in [1.165, 1.54) is 0 Å². The van der Waals surface area contributed by atoms with Crippen LogP contribution in [0.3, 0.4) is 0 Å². The smallest absolute Gasteiger partial charge is 0.145 e. The minimum absolute atomic E-state index is 0.0241. The molecule has 4 N–H and O–H groups in total. The van der Waals surface area contributed by atoms with Crippen LogP contribution in [0.1, 0.15) is 39.9 Å². The van der Waals surface area contributed by atoms with E-state index in [2.05, 4.69) is 48.4 Å². The number of aryl methyl sites for hydroxylation is 1. The van der Waals surface area contributed by atoms with Gasteiger partial charge in [-0.3, -0.25) is 0 Å². The zero-order valence-corrected chi connectivity index (χ0v) is 10.5. The van der Waals surface area contributed by atoms with Gasteiger partial charge >= 0.3 is 0 Å². The number of rotatable bonds is 4. The molecule has 1 aromatic heterocycles. The van der Waals surface area contributed by atoms with E-state index in [1.54, 1.807) is 0 Å². The first kappa shape index (κ1) is 12.7. The highest BCUT2D eigenvalue weighted by Crippen LogP contribution is 2.16. The lowest BCUT2D eigenvalue weighted by atomic mass is 10.1. The molecule has 16 heavy (non-hydrogen) atoms. The van der Waals surface area contributed by atoms with Crippen molar-refractivity contribution in [3.05, 3.63) is 11.9 Å². The molecular weight excluding hydrogens is 202 g/mol. The molecule has 90 valence electrons. The van der Waals surface area contributed by atoms with E-state index in [1.807, 2.05) is 6.07 Å². The molecule has 1 rings (SSSR count). The molecule has 5 heteroatoms. The zero-order valence-electron chi connectivity index (χ0n) is 10.5. The van der Waals surface area contributed by atoms with Gasteiger partial charge < -0.3 is 10.7 Å². The van der Waals surface area contributed by atoms with Crippen molar-refractivity contribution in [3.8, 4) is 0 Å². The van der Waals surface area contributed by atoms with Crippen molar-refractivity contribution in [2.75, 3.05) is 10.7 Å². The lowest BCUT2D eigenvalue weighted by Gasteiger charge is -2.21. The molecule has 0 aliphatic heterocycles. The van der Waals surface area contributed by atoms with Crippen LogP contribution in [0.25, 0.3) is 0 Å². The number of nitrogens with one attached hydrogen (secondary N) is 2. The minimum atomic E-state index is -0.0241. The van der Waals surface area contributed by atoms with Gasteiger partial charge in [0.2, 0.25) is 0 Å². The quantitative estimate of drug-likeness (QED) is 0.537. The van der Waals surface area contributed by atoms with Crippen LogP contribution in [0, 0.1) is 0 Å². The molecule has 0 unspecified atom stereocenters. The molecule has 0 aliphatic rings. The Morgan fingerprint density at radius 3 is 2.38 bits per heavy atom. The summed E-state index contributed by atoms with van der Waals surface area (Å²) in [6.45, 7) is 8.36. The molecular formula is C11H21N5. The van der Waals surface area contributed by atoms with Crippen molar-refractivity contribution < 1.29 is 0 Å². The number of hydrogen-bond donors (Lipinski definition) is 3. The lowest BCUT2D eigenvalue weighted by Crippen LogP contribution is -2.27. The maximum Gasteiger partial charge on any atom is 0.145 e. The molecule has 0 atom stereocenters. The van der Waals surface area contributed by atoms with Gasteiger partial charge in [0.25, 0.3) is 0 Å². The van der Waals surface area contributed by atoms with Crippen molar-refractivity contribution in [3.63, 3.8) is 0 Å². The highest BCUT2D eigenvalue weighted by atomic mass is 15.3. The van der Waals surface area contributed by atoms with Gasteiger partial charge in [-0.25, -0.2) is 15.8 Å². The Kier molecular flexibility index (Phi) is 4.06. The molecule has 0 bridgehead atoms. The molecule has 1 aromatic rings. The Hall–Kier alpha value is -1.36. The van der Waals surface area contributed by atoms with Gasteiger partial charge in [-0.05, 0) is 27.2 Å². The summed E-state index contributed by atoms with van der Waals surface area (Å²) in [4.78, 5) is 8.72. The third-order valence-electron chi connectivity index (χ3n) is 1.90. The highest BCUT2D eigenvalue weighted by Gasteiger charge is 2.11. The van der Waals surface area contributed by atoms with Gasteiger partial charge in [0.15, 0.2) is 0 Å². The van der Waals surface area contributed by atoms with Crippen LogP contribution in [-0.4, -0.2) is 15.5 Å². The van der Waals surface area contributed by atoms with Crippen molar-refractivity contribution in [2.45, 2.75) is 46.1 Å². The lowest BCUT2D eigenvalue weighted by molar-refractivity contribution is 0.628. The molecule has 0 amide bonds. The van der Waals surface area contributed by atoms with E-state index in [9.17, 15) is 0 Å². The molecule has 0 saturated carbocycles. The van der Waals surface area contributed by atoms with Gasteiger partial charge in [0.1, 0.15) is 17.5 Å². The van der Waals surface area contributed by atoms with Gasteiger partial charge in [-0.2, -0.15) is 0 Å². The second-order valence-corrected chi connectivity index (χ2v) is 4.82. The number of anilines is 2. The van der Waals surface area contributed by atoms with Crippen molar-refractivity contribution >= 4 is 11.6 Å². The normalized spacial score (nSPS) is 11.3. The van der Waals surface area contributed by atoms with Crippen molar-refractivity contribution in [1.29, 1.82) is 0 Å². The largest absolute Gasteiger partial charge is 0.365 e. The Morgan fingerprint density at radius 2 is 1.88 bits per heavy atom. The number of aromatic nitrogens is 2. The summed E-state index contributed by atoms with van der Waals surface area (Å²) in [5.74, 6) is 7.64. The number of hydrogen-bond acceptors (Lipinski definition) is 5. The van der Waals surface area contributed by atoms with Crippen LogP contribution < -0.4 is 16.6 Å². The zero-order chi connectivity index (χ0) is 12.2. The molecule has 0 spiro atoms. The number of hydrazine groups is 1. The summed E-state index contributed by atoms with van der Waals surface area (Å²) in [7, 11) is 0. The third kappa shape index (κ3) is 4.02. The minimum Gasteiger partial charge on any atom is -0.365 e. The number of nitrogens with zero attached hydrogens (tertiary/aromatic N) is 2. The fourth-order valence-electron chi connectivity index (χ4n) is 1.35. The Bertz CT molecular complexity index is 343. The van der Waals surface area contributed by atoms with Crippen molar-refractivity contribution in [2.24, 2.45) is 5.84 Å². The number of nitrogens with two attached hydrogens (primary N) is 1. The third-order valence-corrected chi connectivity index (χ3v) is 1.90. The van der Waals surface area contributed by atoms with Gasteiger partial charge in [-0.15, -0.1) is 0 Å². The van der Waals surface area contributed by atoms with Gasteiger partial charge in [0, 0.05) is 18.0 Å². The molecule has 0 saturated heterocycles. The molecule has 5 nitrogen and oxygen atoms in total. The van der Waals surface area contributed by atoms with Crippen LogP contribution >= 0.6 is 0 Å². The maximum absolute atomic E-state index is 5.38. The molecule has 0 aromatic carbocycles. The first-order valence-electron chi connectivity index (χ1n) is 5.57. The summed E-state index contributed by atoms with van der Waals surface area (Å²) in [6.07, 6.45) is 1.87. The van der Waals surface area contributed by atoms with Crippen LogP contribution in [0.2, 0.25) is 0 Å². The molecule has 1 heterocycles. The molecule has 0 fully saturated rings. The van der Waals surface area contributed by atoms with Crippen LogP contribution in [0.15, 0.2) is 6.07 Å². The second-order valence-electron chi connectivity index (χ2n) is 4.82. The van der Waals surface area contributed by atoms with E-state index >= 15 is 0 Å². The Morgan fingerprint density at radius 1 is 1.25 bits per heavy atom. The first-order chi connectivity index (χ1) is 7.44. The van der Waals surface area contributed by atoms with E-state index in [4.69, 9.17) is 5.84 Å². The SMILES string of the molecule is CCCc1nc(NN)cc(NC(C)(C)C)n1. The second kappa shape index (κ2) is 5.12. The van der Waals surface area contributed by atoms with E-state index in [0.717, 1.165) is 24.5 Å². The fourth-order valence-corrected chi connectivity index (χ4v) is 1.35. The van der Waals surface area contributed by atoms with Gasteiger partial charge in [0.05, 0.1) is 0 Å². The van der Waals surface area contributed by atoms with E-state index in [0.29, 0.717) is 5.82 Å². The predicted octanol–water partition coefficient (Wildman–Crippen LogP) is 1.93. The predicted molar refractivity (Wildman–Crippen MR) is 67.2 cm³/mol. The summed E-state index contributed by atoms with van der Waals surface area (Å²) < 4.78 is 0. The average Bonchev–Trinajstić information content (AvgIpc) is 2.15. The van der Waals surface area contributed by atoms with E-state index < -0.39 is 0 Å². The van der Waals surface area contributed by atoms with Crippen LogP contribution in [0.4, 0.5) is 11.6 Å². The summed E-state index contributed by atoms with van der Waals surface area (Å²) in [5, 5.41) is 3.31. The fraction of sp³-hybridized carbons (Fsp3) is 0.636. The summed E-state index contributed by atoms with van der Waals surface area (Å²) in [6, 6.07) is 1.81. The van der Waals surface area contributed by atoms with Crippen molar-refractivity contribution in [1.82, 2.24) is 9.97 Å². The van der Waals surface area contributed by atoms with Gasteiger partial charge in [-0.1, -0.05) is 6.92 Å². The topological polar surface area (TPSA) is 75.9 Å².